The topological polar surface area (TPSA) is 69.7 Å². The number of amides is 2. The first kappa shape index (κ1) is 20.1. The number of piperidine rings is 1. The van der Waals surface area contributed by atoms with Gasteiger partial charge in [0.2, 0.25) is 10.0 Å². The Morgan fingerprint density at radius 3 is 2.34 bits per heavy atom. The number of carbonyl (C=O) groups is 1. The van der Waals surface area contributed by atoms with Crippen LogP contribution < -0.4 is 9.62 Å². The second kappa shape index (κ2) is 7.57. The van der Waals surface area contributed by atoms with Crippen molar-refractivity contribution in [2.75, 3.05) is 41.8 Å². The number of para-hydroxylation sites is 1. The largest absolute Gasteiger partial charge is 0.324 e. The molecule has 1 spiro atoms. The molecule has 2 amide bonds. The van der Waals surface area contributed by atoms with Crippen molar-refractivity contribution in [2.45, 2.75) is 23.2 Å². The van der Waals surface area contributed by atoms with Gasteiger partial charge in [0.05, 0.1) is 11.9 Å². The third-order valence-corrected chi connectivity index (χ3v) is 7.81. The predicted octanol–water partition coefficient (Wildman–Crippen LogP) is 3.75. The maximum atomic E-state index is 12.7. The van der Waals surface area contributed by atoms with E-state index in [0.717, 1.165) is 34.7 Å². The van der Waals surface area contributed by atoms with Crippen LogP contribution in [0.5, 0.6) is 0 Å². The van der Waals surface area contributed by atoms with Crippen LogP contribution in [0.15, 0.2) is 53.4 Å². The van der Waals surface area contributed by atoms with Crippen molar-refractivity contribution in [3.63, 3.8) is 0 Å². The van der Waals surface area contributed by atoms with Crippen LogP contribution >= 0.6 is 11.8 Å². The van der Waals surface area contributed by atoms with Crippen LogP contribution in [0.3, 0.4) is 0 Å². The lowest BCUT2D eigenvalue weighted by Gasteiger charge is -2.39. The molecule has 2 aromatic rings. The lowest BCUT2D eigenvalue weighted by molar-refractivity contribution is 0.173. The molecule has 29 heavy (non-hydrogen) atoms. The van der Waals surface area contributed by atoms with Gasteiger partial charge in [0, 0.05) is 35.6 Å². The molecule has 0 atom stereocenters. The summed E-state index contributed by atoms with van der Waals surface area (Å²) < 4.78 is 26.1. The summed E-state index contributed by atoms with van der Waals surface area (Å²) in [6, 6.07) is 15.4. The van der Waals surface area contributed by atoms with E-state index < -0.39 is 10.0 Å². The maximum Gasteiger partial charge on any atom is 0.321 e. The van der Waals surface area contributed by atoms with Gasteiger partial charge < -0.3 is 10.2 Å². The van der Waals surface area contributed by atoms with E-state index in [2.05, 4.69) is 5.32 Å². The average molecular weight is 432 g/mol. The highest BCUT2D eigenvalue weighted by Gasteiger charge is 2.47. The number of anilines is 2. The van der Waals surface area contributed by atoms with Crippen molar-refractivity contribution in [1.82, 2.24) is 4.90 Å². The molecule has 6 nitrogen and oxygen atoms in total. The van der Waals surface area contributed by atoms with Crippen molar-refractivity contribution in [2.24, 2.45) is 0 Å². The molecular formula is C21H25N3O3S2. The fraction of sp³-hybridized carbons (Fsp3) is 0.381. The number of sulfonamides is 1. The SMILES string of the molecule is CSc1ccc(NC(=O)N2CCC3(CC2)CN(S(C)(=O)=O)c2ccccc23)cc1. The molecule has 154 valence electrons. The number of urea groups is 1. The van der Waals surface area contributed by atoms with Crippen molar-refractivity contribution in [3.05, 3.63) is 54.1 Å². The number of benzene rings is 2. The smallest absolute Gasteiger partial charge is 0.321 e. The molecule has 1 saturated heterocycles. The molecule has 2 heterocycles. The summed E-state index contributed by atoms with van der Waals surface area (Å²) in [7, 11) is -3.33. The Kier molecular flexibility index (Phi) is 5.25. The summed E-state index contributed by atoms with van der Waals surface area (Å²) in [5.74, 6) is 0. The fourth-order valence-corrected chi connectivity index (χ4v) is 5.73. The molecule has 0 unspecified atom stereocenters. The van der Waals surface area contributed by atoms with Crippen LogP contribution in [-0.2, 0) is 15.4 Å². The Morgan fingerprint density at radius 2 is 1.72 bits per heavy atom. The van der Waals surface area contributed by atoms with Gasteiger partial charge in [-0.05, 0) is 55.0 Å². The monoisotopic (exact) mass is 431 g/mol. The van der Waals surface area contributed by atoms with Crippen LogP contribution in [0.4, 0.5) is 16.2 Å². The van der Waals surface area contributed by atoms with Crippen LogP contribution in [0.2, 0.25) is 0 Å². The Hall–Kier alpha value is -2.19. The van der Waals surface area contributed by atoms with E-state index in [1.165, 1.54) is 10.6 Å². The van der Waals surface area contributed by atoms with E-state index in [9.17, 15) is 13.2 Å². The van der Waals surface area contributed by atoms with Gasteiger partial charge in [0.25, 0.3) is 0 Å². The van der Waals surface area contributed by atoms with Gasteiger partial charge in [-0.2, -0.15) is 0 Å². The van der Waals surface area contributed by atoms with Gasteiger partial charge in [-0.15, -0.1) is 11.8 Å². The van der Waals surface area contributed by atoms with Gasteiger partial charge >= 0.3 is 6.03 Å². The van der Waals surface area contributed by atoms with E-state index >= 15 is 0 Å². The summed E-state index contributed by atoms with van der Waals surface area (Å²) in [6.07, 6.45) is 4.76. The van der Waals surface area contributed by atoms with E-state index in [1.54, 1.807) is 11.8 Å². The van der Waals surface area contributed by atoms with Gasteiger partial charge in [-0.25, -0.2) is 13.2 Å². The third-order valence-electron chi connectivity index (χ3n) is 5.94. The Balaban J connectivity index is 1.47. The zero-order valence-corrected chi connectivity index (χ0v) is 18.2. The third kappa shape index (κ3) is 3.83. The summed E-state index contributed by atoms with van der Waals surface area (Å²) in [4.78, 5) is 15.7. The molecular weight excluding hydrogens is 406 g/mol. The highest BCUT2D eigenvalue weighted by molar-refractivity contribution is 7.98. The maximum absolute atomic E-state index is 12.7. The standard InChI is InChI=1S/C21H25N3O3S2/c1-28-17-9-7-16(8-10-17)22-20(25)23-13-11-21(12-14-23)15-24(29(2,26)27)19-6-4-3-5-18(19)21/h3-10H,11-15H2,1-2H3,(H,22,25). The Bertz CT molecular complexity index is 1010. The molecule has 0 aliphatic carbocycles. The van der Waals surface area contributed by atoms with Crippen LogP contribution in [0.1, 0.15) is 18.4 Å². The molecule has 2 aliphatic rings. The van der Waals surface area contributed by atoms with Crippen molar-refractivity contribution >= 4 is 39.2 Å². The molecule has 1 N–H and O–H groups in total. The first-order valence-corrected chi connectivity index (χ1v) is 12.7. The van der Waals surface area contributed by atoms with Gasteiger partial charge in [-0.3, -0.25) is 4.31 Å². The van der Waals surface area contributed by atoms with E-state index in [0.29, 0.717) is 19.6 Å². The number of carbonyl (C=O) groups excluding carboxylic acids is 1. The number of fused-ring (bicyclic) bond motifs is 2. The van der Waals surface area contributed by atoms with Crippen molar-refractivity contribution in [1.29, 1.82) is 0 Å². The number of hydrogen-bond acceptors (Lipinski definition) is 4. The molecule has 1 fully saturated rings. The van der Waals surface area contributed by atoms with E-state index in [1.807, 2.05) is 59.7 Å². The molecule has 8 heteroatoms. The molecule has 4 rings (SSSR count). The normalized spacial score (nSPS) is 18.0. The molecule has 0 aromatic heterocycles. The summed E-state index contributed by atoms with van der Waals surface area (Å²) in [6.45, 7) is 1.65. The van der Waals surface area contributed by atoms with E-state index in [4.69, 9.17) is 0 Å². The second-order valence-electron chi connectivity index (χ2n) is 7.71. The Morgan fingerprint density at radius 1 is 1.07 bits per heavy atom. The number of nitrogens with one attached hydrogen (secondary N) is 1. The van der Waals surface area contributed by atoms with Crippen molar-refractivity contribution < 1.29 is 13.2 Å². The summed E-state index contributed by atoms with van der Waals surface area (Å²) in [5.41, 5.74) is 2.42. The van der Waals surface area contributed by atoms with Gasteiger partial charge in [0.1, 0.15) is 0 Å². The van der Waals surface area contributed by atoms with E-state index in [-0.39, 0.29) is 11.4 Å². The summed E-state index contributed by atoms with van der Waals surface area (Å²) in [5, 5.41) is 2.97. The highest BCUT2D eigenvalue weighted by Crippen LogP contribution is 2.47. The molecule has 0 saturated carbocycles. The predicted molar refractivity (Wildman–Crippen MR) is 118 cm³/mol. The van der Waals surface area contributed by atoms with Crippen LogP contribution in [-0.4, -0.2) is 51.5 Å². The first-order chi connectivity index (χ1) is 13.8. The minimum absolute atomic E-state index is 0.108. The minimum atomic E-state index is -3.33. The number of rotatable bonds is 3. The molecule has 2 aliphatic heterocycles. The molecule has 2 aromatic carbocycles. The highest BCUT2D eigenvalue weighted by atomic mass is 32.2. The zero-order chi connectivity index (χ0) is 20.6. The number of nitrogens with zero attached hydrogens (tertiary/aromatic N) is 2. The average Bonchev–Trinajstić information content (AvgIpc) is 3.04. The molecule has 0 radical (unpaired) electrons. The quantitative estimate of drug-likeness (QED) is 0.752. The Labute approximate surface area is 176 Å². The number of hydrogen-bond donors (Lipinski definition) is 1. The number of likely N-dealkylation sites (tertiary alicyclic amines) is 1. The van der Waals surface area contributed by atoms with Crippen LogP contribution in [0.25, 0.3) is 0 Å². The lowest BCUT2D eigenvalue weighted by atomic mass is 9.74. The zero-order valence-electron chi connectivity index (χ0n) is 16.6. The van der Waals surface area contributed by atoms with Crippen LogP contribution in [0, 0.1) is 0 Å². The van der Waals surface area contributed by atoms with Crippen molar-refractivity contribution in [3.8, 4) is 0 Å². The fourth-order valence-electron chi connectivity index (χ4n) is 4.32. The van der Waals surface area contributed by atoms with Gasteiger partial charge in [0.15, 0.2) is 0 Å². The first-order valence-electron chi connectivity index (χ1n) is 9.60. The molecule has 0 bridgehead atoms. The summed E-state index contributed by atoms with van der Waals surface area (Å²) >= 11 is 1.66. The van der Waals surface area contributed by atoms with Gasteiger partial charge in [-0.1, -0.05) is 18.2 Å². The number of thioether (sulfide) groups is 1. The minimum Gasteiger partial charge on any atom is -0.324 e. The lowest BCUT2D eigenvalue weighted by Crippen LogP contribution is -2.48. The second-order valence-corrected chi connectivity index (χ2v) is 10.5.